The van der Waals surface area contributed by atoms with E-state index in [2.05, 4.69) is 4.98 Å². The van der Waals surface area contributed by atoms with Gasteiger partial charge in [-0.2, -0.15) is 0 Å². The van der Waals surface area contributed by atoms with Crippen molar-refractivity contribution in [3.8, 4) is 10.6 Å². The van der Waals surface area contributed by atoms with Gasteiger partial charge in [0.25, 0.3) is 11.6 Å². The third kappa shape index (κ3) is 3.57. The molecule has 8 nitrogen and oxygen atoms in total. The highest BCUT2D eigenvalue weighted by atomic mass is 32.1. The van der Waals surface area contributed by atoms with E-state index in [1.807, 2.05) is 6.92 Å². The highest BCUT2D eigenvalue weighted by Gasteiger charge is 2.33. The van der Waals surface area contributed by atoms with Gasteiger partial charge >= 0.3 is 5.97 Å². The first-order valence-electron chi connectivity index (χ1n) is 8.11. The monoisotopic (exact) mass is 375 g/mol. The number of nitro benzene ring substituents is 1. The van der Waals surface area contributed by atoms with E-state index >= 15 is 0 Å². The molecule has 26 heavy (non-hydrogen) atoms. The predicted molar refractivity (Wildman–Crippen MR) is 95.1 cm³/mol. The summed E-state index contributed by atoms with van der Waals surface area (Å²) in [7, 11) is 0. The molecule has 0 aliphatic carbocycles. The number of hydrogen-bond donors (Lipinski definition) is 1. The first-order valence-corrected chi connectivity index (χ1v) is 8.99. The van der Waals surface area contributed by atoms with Crippen LogP contribution in [0.2, 0.25) is 0 Å². The summed E-state index contributed by atoms with van der Waals surface area (Å²) in [6, 6.07) is 6.02. The Labute approximate surface area is 153 Å². The molecule has 1 aliphatic heterocycles. The number of likely N-dealkylation sites (tertiary alicyclic amines) is 1. The molecule has 1 fully saturated rings. The molecule has 0 saturated carbocycles. The lowest BCUT2D eigenvalue weighted by atomic mass is 9.93. The fourth-order valence-electron chi connectivity index (χ4n) is 3.00. The molecule has 1 aromatic carbocycles. The van der Waals surface area contributed by atoms with Crippen LogP contribution in [0, 0.1) is 16.0 Å². The van der Waals surface area contributed by atoms with Crippen molar-refractivity contribution in [2.75, 3.05) is 6.54 Å². The van der Waals surface area contributed by atoms with Crippen molar-refractivity contribution in [2.24, 2.45) is 5.92 Å². The molecule has 136 valence electrons. The van der Waals surface area contributed by atoms with Crippen molar-refractivity contribution >= 4 is 28.9 Å². The van der Waals surface area contributed by atoms with Crippen molar-refractivity contribution in [1.29, 1.82) is 0 Å². The van der Waals surface area contributed by atoms with Crippen LogP contribution in [0.25, 0.3) is 10.6 Å². The summed E-state index contributed by atoms with van der Waals surface area (Å²) in [6.07, 6.45) is 1.18. The van der Waals surface area contributed by atoms with Crippen LogP contribution in [0.1, 0.15) is 30.3 Å². The minimum atomic E-state index is -0.898. The zero-order valence-corrected chi connectivity index (χ0v) is 14.8. The Morgan fingerprint density at radius 3 is 2.85 bits per heavy atom. The van der Waals surface area contributed by atoms with Gasteiger partial charge in [0.05, 0.1) is 10.8 Å². The van der Waals surface area contributed by atoms with Crippen LogP contribution < -0.4 is 0 Å². The van der Waals surface area contributed by atoms with E-state index in [0.29, 0.717) is 23.4 Å². The van der Waals surface area contributed by atoms with Crippen molar-refractivity contribution in [1.82, 2.24) is 9.88 Å². The molecule has 1 amide bonds. The maximum Gasteiger partial charge on any atom is 0.308 e. The van der Waals surface area contributed by atoms with E-state index in [1.54, 1.807) is 22.4 Å². The number of thiazole rings is 1. The molecule has 0 bridgehead atoms. The first-order chi connectivity index (χ1) is 12.4. The minimum absolute atomic E-state index is 0.0421. The molecule has 0 spiro atoms. The second-order valence-electron chi connectivity index (χ2n) is 6.26. The maximum atomic E-state index is 12.8. The quantitative estimate of drug-likeness (QED) is 0.649. The maximum absolute atomic E-state index is 12.8. The smallest absolute Gasteiger partial charge is 0.308 e. The zero-order valence-electron chi connectivity index (χ0n) is 14.0. The van der Waals surface area contributed by atoms with Crippen molar-refractivity contribution in [3.63, 3.8) is 0 Å². The topological polar surface area (TPSA) is 114 Å². The number of aliphatic carboxylic acids is 1. The third-order valence-electron chi connectivity index (χ3n) is 4.52. The van der Waals surface area contributed by atoms with Crippen LogP contribution in [0.4, 0.5) is 5.69 Å². The summed E-state index contributed by atoms with van der Waals surface area (Å²) in [5.74, 6) is -1.77. The van der Waals surface area contributed by atoms with E-state index in [-0.39, 0.29) is 29.9 Å². The Morgan fingerprint density at radius 1 is 1.38 bits per heavy atom. The normalized spacial score (nSPS) is 20.0. The van der Waals surface area contributed by atoms with E-state index in [4.69, 9.17) is 0 Å². The predicted octanol–water partition coefficient (Wildman–Crippen LogP) is 3.04. The van der Waals surface area contributed by atoms with Gasteiger partial charge in [0.15, 0.2) is 0 Å². The lowest BCUT2D eigenvalue weighted by Gasteiger charge is -2.36. The fourth-order valence-corrected chi connectivity index (χ4v) is 3.79. The lowest BCUT2D eigenvalue weighted by molar-refractivity contribution is -0.384. The number of benzene rings is 1. The summed E-state index contributed by atoms with van der Waals surface area (Å²) in [6.45, 7) is 2.06. The number of amides is 1. The van der Waals surface area contributed by atoms with Gasteiger partial charge < -0.3 is 10.0 Å². The summed E-state index contributed by atoms with van der Waals surface area (Å²) in [4.78, 5) is 40.3. The molecule has 9 heteroatoms. The molecule has 2 heterocycles. The number of carbonyl (C=O) groups is 2. The number of carboxylic acids is 1. The summed E-state index contributed by atoms with van der Waals surface area (Å²) < 4.78 is 0. The third-order valence-corrected chi connectivity index (χ3v) is 5.41. The molecule has 2 atom stereocenters. The molecular formula is C17H17N3O5S. The average molecular weight is 375 g/mol. The molecule has 0 radical (unpaired) electrons. The first kappa shape index (κ1) is 18.0. The number of carboxylic acid groups (broad SMARTS) is 1. The molecule has 1 aromatic heterocycles. The van der Waals surface area contributed by atoms with Gasteiger partial charge in [0.2, 0.25) is 0 Å². The number of hydrogen-bond acceptors (Lipinski definition) is 6. The number of nitrogens with zero attached hydrogens (tertiary/aromatic N) is 3. The number of piperidine rings is 1. The second kappa shape index (κ2) is 7.20. The fraction of sp³-hybridized carbons (Fsp3) is 0.353. The van der Waals surface area contributed by atoms with E-state index in [0.717, 1.165) is 0 Å². The average Bonchev–Trinajstić information content (AvgIpc) is 3.11. The van der Waals surface area contributed by atoms with E-state index in [1.165, 1.54) is 23.5 Å². The van der Waals surface area contributed by atoms with Crippen LogP contribution in [0.3, 0.4) is 0 Å². The number of rotatable bonds is 4. The van der Waals surface area contributed by atoms with Gasteiger partial charge in [-0.1, -0.05) is 12.1 Å². The van der Waals surface area contributed by atoms with E-state index in [9.17, 15) is 24.8 Å². The van der Waals surface area contributed by atoms with Crippen molar-refractivity contribution in [2.45, 2.75) is 25.8 Å². The number of aromatic nitrogens is 1. The summed E-state index contributed by atoms with van der Waals surface area (Å²) >= 11 is 1.23. The van der Waals surface area contributed by atoms with Crippen LogP contribution in [-0.4, -0.2) is 44.4 Å². The van der Waals surface area contributed by atoms with Crippen molar-refractivity contribution < 1.29 is 19.6 Å². The van der Waals surface area contributed by atoms with Gasteiger partial charge in [0, 0.05) is 35.7 Å². The van der Waals surface area contributed by atoms with Crippen LogP contribution >= 0.6 is 11.3 Å². The largest absolute Gasteiger partial charge is 0.481 e. The molecule has 1 aliphatic rings. The van der Waals surface area contributed by atoms with Gasteiger partial charge in [-0.15, -0.1) is 11.3 Å². The molecular weight excluding hydrogens is 358 g/mol. The highest BCUT2D eigenvalue weighted by Crippen LogP contribution is 2.29. The zero-order chi connectivity index (χ0) is 18.8. The van der Waals surface area contributed by atoms with Gasteiger partial charge in [-0.25, -0.2) is 4.98 Å². The van der Waals surface area contributed by atoms with Crippen LogP contribution in [0.5, 0.6) is 0 Å². The molecule has 1 saturated heterocycles. The summed E-state index contributed by atoms with van der Waals surface area (Å²) in [5.41, 5.74) is 0.757. The highest BCUT2D eigenvalue weighted by molar-refractivity contribution is 7.13. The number of non-ortho nitro benzene ring substituents is 1. The van der Waals surface area contributed by atoms with Crippen LogP contribution in [0.15, 0.2) is 29.6 Å². The van der Waals surface area contributed by atoms with E-state index < -0.39 is 16.8 Å². The summed E-state index contributed by atoms with van der Waals surface area (Å²) in [5, 5.41) is 22.2. The molecule has 1 N–H and O–H groups in total. The molecule has 3 rings (SSSR count). The Balaban J connectivity index is 1.82. The number of nitro groups is 1. The Kier molecular flexibility index (Phi) is 4.99. The Bertz CT molecular complexity index is 866. The number of carbonyl (C=O) groups excluding carboxylic acids is 1. The second-order valence-corrected chi connectivity index (χ2v) is 7.12. The van der Waals surface area contributed by atoms with Crippen molar-refractivity contribution in [3.05, 3.63) is 45.5 Å². The van der Waals surface area contributed by atoms with Crippen LogP contribution in [-0.2, 0) is 4.79 Å². The van der Waals surface area contributed by atoms with Gasteiger partial charge in [-0.3, -0.25) is 19.7 Å². The SMILES string of the molecule is CC1CCC(C(=O)O)CN1C(=O)c1csc(-c2cccc([N+](=O)[O-])c2)n1. The van der Waals surface area contributed by atoms with Gasteiger partial charge in [-0.05, 0) is 19.8 Å². The standard InChI is InChI=1S/C17H17N3O5S/c1-10-5-6-12(17(22)23)8-19(10)16(21)14-9-26-15(18-14)11-3-2-4-13(7-11)20(24)25/h2-4,7,9-10,12H,5-6,8H2,1H3,(H,22,23). The lowest BCUT2D eigenvalue weighted by Crippen LogP contribution is -2.47. The molecule has 2 aromatic rings. The Morgan fingerprint density at radius 2 is 2.15 bits per heavy atom. The molecule has 2 unspecified atom stereocenters. The minimum Gasteiger partial charge on any atom is -0.481 e. The van der Waals surface area contributed by atoms with Gasteiger partial charge in [0.1, 0.15) is 10.7 Å². The Hall–Kier alpha value is -2.81.